The average Bonchev–Trinajstić information content (AvgIpc) is 2.79. The van der Waals surface area contributed by atoms with Gasteiger partial charge in [-0.05, 0) is 63.9 Å². The molecule has 7 nitrogen and oxygen atoms in total. The monoisotopic (exact) mass is 446 g/mol. The fourth-order valence-corrected chi connectivity index (χ4v) is 4.75. The third-order valence-electron chi connectivity index (χ3n) is 5.05. The van der Waals surface area contributed by atoms with Crippen LogP contribution in [0.15, 0.2) is 41.3 Å². The largest absolute Gasteiger partial charge is 0.492 e. The smallest absolute Gasteiger partial charge is 0.265 e. The molecule has 0 unspecified atom stereocenters. The Labute approximate surface area is 184 Å². The molecule has 0 saturated heterocycles. The van der Waals surface area contributed by atoms with Gasteiger partial charge in [0.05, 0.1) is 23.4 Å². The molecule has 0 aliphatic carbocycles. The number of rotatable bonds is 7. The molecule has 0 aromatic heterocycles. The number of sulfonamides is 1. The van der Waals surface area contributed by atoms with Crippen molar-refractivity contribution in [2.45, 2.75) is 45.9 Å². The van der Waals surface area contributed by atoms with Gasteiger partial charge in [0.15, 0.2) is 0 Å². The highest BCUT2D eigenvalue weighted by molar-refractivity contribution is 7.92. The Hall–Kier alpha value is -2.74. The zero-order chi connectivity index (χ0) is 22.8. The second-order valence-corrected chi connectivity index (χ2v) is 9.95. The fourth-order valence-electron chi connectivity index (χ4n) is 3.47. The van der Waals surface area contributed by atoms with Crippen LogP contribution in [-0.4, -0.2) is 34.1 Å². The summed E-state index contributed by atoms with van der Waals surface area (Å²) >= 11 is 0. The number of carbonyl (C=O) groups excluding carboxylic acids is 1. The van der Waals surface area contributed by atoms with E-state index in [2.05, 4.69) is 4.72 Å². The van der Waals surface area contributed by atoms with Crippen LogP contribution in [0.4, 0.5) is 11.4 Å². The number of nitrogens with zero attached hydrogens (tertiary/aromatic N) is 1. The molecule has 1 aliphatic rings. The zero-order valence-corrected chi connectivity index (χ0v) is 19.5. The van der Waals surface area contributed by atoms with Gasteiger partial charge in [-0.3, -0.25) is 9.52 Å². The lowest BCUT2D eigenvalue weighted by molar-refractivity contribution is -0.127. The maximum atomic E-state index is 13.1. The van der Waals surface area contributed by atoms with Gasteiger partial charge >= 0.3 is 0 Å². The number of carbonyl (C=O) groups is 1. The van der Waals surface area contributed by atoms with E-state index in [1.807, 2.05) is 27.7 Å². The molecule has 1 heterocycles. The van der Waals surface area contributed by atoms with E-state index < -0.39 is 15.4 Å². The van der Waals surface area contributed by atoms with Gasteiger partial charge in [-0.2, -0.15) is 0 Å². The molecule has 0 bridgehead atoms. The number of aryl methyl sites for hydroxylation is 1. The van der Waals surface area contributed by atoms with E-state index >= 15 is 0 Å². The van der Waals surface area contributed by atoms with Crippen LogP contribution in [0.25, 0.3) is 0 Å². The van der Waals surface area contributed by atoms with Crippen LogP contribution < -0.4 is 19.1 Å². The van der Waals surface area contributed by atoms with E-state index in [0.717, 1.165) is 12.0 Å². The highest BCUT2D eigenvalue weighted by atomic mass is 32.2. The van der Waals surface area contributed by atoms with Crippen LogP contribution in [-0.2, 0) is 14.8 Å². The van der Waals surface area contributed by atoms with Crippen LogP contribution in [0.5, 0.6) is 11.5 Å². The van der Waals surface area contributed by atoms with Crippen molar-refractivity contribution in [3.8, 4) is 11.5 Å². The molecule has 0 radical (unpaired) electrons. The molecule has 168 valence electrons. The number of hydrogen-bond acceptors (Lipinski definition) is 5. The molecule has 0 atom stereocenters. The fraction of sp³-hybridized carbons (Fsp3) is 0.435. The molecule has 0 saturated carbocycles. The predicted octanol–water partition coefficient (Wildman–Crippen LogP) is 4.36. The summed E-state index contributed by atoms with van der Waals surface area (Å²) in [5, 5.41) is 0. The molecule has 1 N–H and O–H groups in total. The first-order valence-corrected chi connectivity index (χ1v) is 11.9. The molecule has 8 heteroatoms. The second kappa shape index (κ2) is 8.78. The van der Waals surface area contributed by atoms with E-state index in [-0.39, 0.29) is 17.4 Å². The van der Waals surface area contributed by atoms with E-state index in [0.29, 0.717) is 36.0 Å². The average molecular weight is 447 g/mol. The third-order valence-corrected chi connectivity index (χ3v) is 6.45. The molecule has 2 aromatic carbocycles. The lowest BCUT2D eigenvalue weighted by Gasteiger charge is -2.27. The molecule has 1 aliphatic heterocycles. The van der Waals surface area contributed by atoms with Crippen LogP contribution in [0, 0.1) is 12.3 Å². The highest BCUT2D eigenvalue weighted by Gasteiger charge is 2.37. The third kappa shape index (κ3) is 4.79. The summed E-state index contributed by atoms with van der Waals surface area (Å²) in [7, 11) is -3.89. The minimum Gasteiger partial charge on any atom is -0.492 e. The van der Waals surface area contributed by atoms with Gasteiger partial charge in [0.1, 0.15) is 23.0 Å². The molecule has 3 rings (SSSR count). The van der Waals surface area contributed by atoms with Gasteiger partial charge in [0.25, 0.3) is 10.0 Å². The van der Waals surface area contributed by atoms with Crippen molar-refractivity contribution < 1.29 is 22.7 Å². The second-order valence-electron chi connectivity index (χ2n) is 8.30. The van der Waals surface area contributed by atoms with E-state index in [9.17, 15) is 13.2 Å². The van der Waals surface area contributed by atoms with Crippen LogP contribution in [0.2, 0.25) is 0 Å². The van der Waals surface area contributed by atoms with Crippen LogP contribution in [0.1, 0.15) is 39.7 Å². The molecule has 2 aromatic rings. The number of ether oxygens (including phenoxy) is 2. The summed E-state index contributed by atoms with van der Waals surface area (Å²) < 4.78 is 40.3. The Morgan fingerprint density at radius 3 is 2.58 bits per heavy atom. The van der Waals surface area contributed by atoms with Gasteiger partial charge in [-0.15, -0.1) is 0 Å². The lowest BCUT2D eigenvalue weighted by Crippen LogP contribution is -2.42. The summed E-state index contributed by atoms with van der Waals surface area (Å²) in [6.45, 7) is 10.5. The van der Waals surface area contributed by atoms with Gasteiger partial charge < -0.3 is 14.4 Å². The van der Waals surface area contributed by atoms with Crippen molar-refractivity contribution in [2.24, 2.45) is 5.41 Å². The molecule has 0 spiro atoms. The number of anilines is 2. The Kier molecular flexibility index (Phi) is 6.50. The first kappa shape index (κ1) is 22.9. The summed E-state index contributed by atoms with van der Waals surface area (Å²) in [6.07, 6.45) is 0.795. The van der Waals surface area contributed by atoms with E-state index in [1.54, 1.807) is 48.2 Å². The number of benzene rings is 2. The molecular formula is C23H30N2O5S. The molecule has 1 amide bonds. The summed E-state index contributed by atoms with van der Waals surface area (Å²) in [6, 6.07) is 10.0. The minimum atomic E-state index is -3.89. The van der Waals surface area contributed by atoms with Crippen molar-refractivity contribution in [1.29, 1.82) is 0 Å². The van der Waals surface area contributed by atoms with Gasteiger partial charge in [-0.25, -0.2) is 8.42 Å². The standard InChI is InChI=1S/C23H30N2O5S/c1-6-12-25-18-10-9-17(14-20(18)30-15-23(4,5)22(25)26)24-31(27,28)21-13-16(3)8-11-19(21)29-7-2/h8-11,13-14,24H,6-7,12,15H2,1-5H3. The Bertz CT molecular complexity index is 1080. The lowest BCUT2D eigenvalue weighted by atomic mass is 9.93. The maximum Gasteiger partial charge on any atom is 0.265 e. The number of amides is 1. The van der Waals surface area contributed by atoms with Crippen LogP contribution >= 0.6 is 0 Å². The van der Waals surface area contributed by atoms with Crippen LogP contribution in [0.3, 0.4) is 0 Å². The Morgan fingerprint density at radius 2 is 1.90 bits per heavy atom. The minimum absolute atomic E-state index is 0.0115. The number of nitrogens with one attached hydrogen (secondary N) is 1. The number of fused-ring (bicyclic) bond motifs is 1. The Balaban J connectivity index is 1.98. The van der Waals surface area contributed by atoms with Gasteiger partial charge in [-0.1, -0.05) is 13.0 Å². The SMILES string of the molecule is CCCN1C(=O)C(C)(C)COc2cc(NS(=O)(=O)c3cc(C)ccc3OCC)ccc21. The quantitative estimate of drug-likeness (QED) is 0.683. The predicted molar refractivity (Wildman–Crippen MR) is 122 cm³/mol. The zero-order valence-electron chi connectivity index (χ0n) is 18.7. The van der Waals surface area contributed by atoms with Crippen molar-refractivity contribution >= 4 is 27.3 Å². The first-order valence-electron chi connectivity index (χ1n) is 10.4. The molecular weight excluding hydrogens is 416 g/mol. The highest BCUT2D eigenvalue weighted by Crippen LogP contribution is 2.39. The number of hydrogen-bond donors (Lipinski definition) is 1. The van der Waals surface area contributed by atoms with Crippen molar-refractivity contribution in [2.75, 3.05) is 29.4 Å². The van der Waals surface area contributed by atoms with E-state index in [1.165, 1.54) is 0 Å². The first-order chi connectivity index (χ1) is 14.6. The summed E-state index contributed by atoms with van der Waals surface area (Å²) in [5.74, 6) is 0.762. The normalized spacial score (nSPS) is 15.6. The maximum absolute atomic E-state index is 13.1. The molecule has 31 heavy (non-hydrogen) atoms. The molecule has 0 fully saturated rings. The van der Waals surface area contributed by atoms with Crippen molar-refractivity contribution in [3.05, 3.63) is 42.0 Å². The van der Waals surface area contributed by atoms with E-state index in [4.69, 9.17) is 9.47 Å². The van der Waals surface area contributed by atoms with Gasteiger partial charge in [0, 0.05) is 12.6 Å². The van der Waals surface area contributed by atoms with Crippen molar-refractivity contribution in [1.82, 2.24) is 0 Å². The Morgan fingerprint density at radius 1 is 1.16 bits per heavy atom. The van der Waals surface area contributed by atoms with Gasteiger partial charge in [0.2, 0.25) is 5.91 Å². The summed E-state index contributed by atoms with van der Waals surface area (Å²) in [5.41, 5.74) is 1.13. The summed E-state index contributed by atoms with van der Waals surface area (Å²) in [4.78, 5) is 14.8. The van der Waals surface area contributed by atoms with Crippen molar-refractivity contribution in [3.63, 3.8) is 0 Å². The topological polar surface area (TPSA) is 84.9 Å².